The first-order chi connectivity index (χ1) is 8.23. The third kappa shape index (κ3) is 4.12. The Morgan fingerprint density at radius 3 is 2.28 bits per heavy atom. The van der Waals surface area contributed by atoms with Crippen molar-refractivity contribution >= 4 is 28.6 Å². The molecule has 1 saturated carbocycles. The van der Waals surface area contributed by atoms with Crippen molar-refractivity contribution in [1.29, 1.82) is 0 Å². The summed E-state index contributed by atoms with van der Waals surface area (Å²) < 4.78 is -0.450. The lowest BCUT2D eigenvalue weighted by atomic mass is 9.88. The van der Waals surface area contributed by atoms with Crippen molar-refractivity contribution < 1.29 is 19.5 Å². The Bertz CT molecular complexity index is 362. The molecule has 0 amide bonds. The maximum atomic E-state index is 12.2. The summed E-state index contributed by atoms with van der Waals surface area (Å²) in [5.41, 5.74) is 0. The molecule has 1 aliphatic carbocycles. The van der Waals surface area contributed by atoms with Gasteiger partial charge in [-0.15, -0.1) is 0 Å². The van der Waals surface area contributed by atoms with E-state index in [9.17, 15) is 14.4 Å². The average Bonchev–Trinajstić information content (AvgIpc) is 2.61. The van der Waals surface area contributed by atoms with Crippen molar-refractivity contribution in [2.24, 2.45) is 11.8 Å². The first-order valence-electron chi connectivity index (χ1n) is 6.18. The second kappa shape index (κ2) is 5.87. The summed E-state index contributed by atoms with van der Waals surface area (Å²) in [5.74, 6) is -1.79. The van der Waals surface area contributed by atoms with Crippen molar-refractivity contribution in [3.05, 3.63) is 0 Å². The van der Waals surface area contributed by atoms with Gasteiger partial charge in [-0.3, -0.25) is 14.4 Å². The van der Waals surface area contributed by atoms with Gasteiger partial charge < -0.3 is 5.11 Å². The molecule has 102 valence electrons. The number of thioether (sulfide) groups is 1. The highest BCUT2D eigenvalue weighted by Gasteiger charge is 2.39. The SMILES string of the molecule is CC(=O)SC(C)(C)CC(=O)C1CCCC1C(=O)O. The van der Waals surface area contributed by atoms with Gasteiger partial charge in [0.2, 0.25) is 0 Å². The Labute approximate surface area is 112 Å². The molecule has 5 heteroatoms. The summed E-state index contributed by atoms with van der Waals surface area (Å²) in [6, 6.07) is 0. The van der Waals surface area contributed by atoms with Crippen LogP contribution < -0.4 is 0 Å². The molecule has 0 heterocycles. The number of carbonyl (C=O) groups is 3. The van der Waals surface area contributed by atoms with E-state index in [4.69, 9.17) is 5.11 Å². The largest absolute Gasteiger partial charge is 0.481 e. The number of carboxylic acid groups (broad SMARTS) is 1. The fourth-order valence-electron chi connectivity index (χ4n) is 2.62. The van der Waals surface area contributed by atoms with E-state index in [0.29, 0.717) is 12.8 Å². The molecule has 0 spiro atoms. The molecule has 1 aliphatic rings. The normalized spacial score (nSPS) is 23.9. The topological polar surface area (TPSA) is 71.4 Å². The maximum Gasteiger partial charge on any atom is 0.307 e. The van der Waals surface area contributed by atoms with E-state index in [2.05, 4.69) is 0 Å². The quantitative estimate of drug-likeness (QED) is 0.832. The summed E-state index contributed by atoms with van der Waals surface area (Å²) in [6.07, 6.45) is 2.31. The van der Waals surface area contributed by atoms with E-state index in [1.54, 1.807) is 0 Å². The van der Waals surface area contributed by atoms with Crippen molar-refractivity contribution in [3.8, 4) is 0 Å². The summed E-state index contributed by atoms with van der Waals surface area (Å²) in [6.45, 7) is 5.18. The molecule has 2 unspecified atom stereocenters. The van der Waals surface area contributed by atoms with E-state index in [-0.39, 0.29) is 23.2 Å². The van der Waals surface area contributed by atoms with Gasteiger partial charge >= 0.3 is 5.97 Å². The van der Waals surface area contributed by atoms with Crippen LogP contribution in [0.5, 0.6) is 0 Å². The van der Waals surface area contributed by atoms with Crippen LogP contribution in [0.3, 0.4) is 0 Å². The van der Waals surface area contributed by atoms with Crippen LogP contribution in [0, 0.1) is 11.8 Å². The monoisotopic (exact) mass is 272 g/mol. The van der Waals surface area contributed by atoms with Crippen molar-refractivity contribution in [2.75, 3.05) is 0 Å². The molecule has 4 nitrogen and oxygen atoms in total. The van der Waals surface area contributed by atoms with Crippen LogP contribution in [0.15, 0.2) is 0 Å². The fraction of sp³-hybridized carbons (Fsp3) is 0.769. The number of rotatable bonds is 5. The molecular formula is C13H20O4S. The second-order valence-corrected chi connectivity index (χ2v) is 7.36. The zero-order chi connectivity index (χ0) is 13.9. The van der Waals surface area contributed by atoms with Gasteiger partial charge in [-0.1, -0.05) is 18.2 Å². The molecule has 0 aliphatic heterocycles. The van der Waals surface area contributed by atoms with E-state index < -0.39 is 16.6 Å². The molecule has 0 bridgehead atoms. The highest BCUT2D eigenvalue weighted by molar-refractivity contribution is 8.14. The molecular weight excluding hydrogens is 252 g/mol. The smallest absolute Gasteiger partial charge is 0.307 e. The number of ketones is 1. The molecule has 1 rings (SSSR count). The van der Waals surface area contributed by atoms with E-state index in [1.165, 1.54) is 6.92 Å². The van der Waals surface area contributed by atoms with E-state index >= 15 is 0 Å². The average molecular weight is 272 g/mol. The fourth-order valence-corrected chi connectivity index (χ4v) is 3.61. The summed E-state index contributed by atoms with van der Waals surface area (Å²) >= 11 is 1.15. The molecule has 2 atom stereocenters. The van der Waals surface area contributed by atoms with Crippen LogP contribution in [0.1, 0.15) is 46.5 Å². The molecule has 1 fully saturated rings. The number of carboxylic acids is 1. The molecule has 0 aromatic heterocycles. The van der Waals surface area contributed by atoms with Crippen LogP contribution in [-0.2, 0) is 14.4 Å². The minimum absolute atomic E-state index is 0.0151. The lowest BCUT2D eigenvalue weighted by Crippen LogP contribution is -2.30. The standard InChI is InChI=1S/C13H20O4S/c1-8(14)18-13(2,3)7-11(15)9-5-4-6-10(9)12(16)17/h9-10H,4-7H2,1-3H3,(H,16,17). The second-order valence-electron chi connectivity index (χ2n) is 5.48. The van der Waals surface area contributed by atoms with Crippen LogP contribution in [0.25, 0.3) is 0 Å². The van der Waals surface area contributed by atoms with Gasteiger partial charge in [-0.2, -0.15) is 0 Å². The first-order valence-corrected chi connectivity index (χ1v) is 7.00. The van der Waals surface area contributed by atoms with Gasteiger partial charge in [0, 0.05) is 24.0 Å². The Hall–Kier alpha value is -0.840. The van der Waals surface area contributed by atoms with Gasteiger partial charge in [0.1, 0.15) is 5.78 Å². The Morgan fingerprint density at radius 2 is 1.78 bits per heavy atom. The summed E-state index contributed by atoms with van der Waals surface area (Å²) in [4.78, 5) is 34.3. The Balaban J connectivity index is 2.65. The van der Waals surface area contributed by atoms with Crippen molar-refractivity contribution in [2.45, 2.75) is 51.2 Å². The third-order valence-electron chi connectivity index (χ3n) is 3.27. The molecule has 0 aromatic carbocycles. The molecule has 18 heavy (non-hydrogen) atoms. The minimum atomic E-state index is -0.872. The number of carbonyl (C=O) groups excluding carboxylic acids is 2. The van der Waals surface area contributed by atoms with E-state index in [1.807, 2.05) is 13.8 Å². The van der Waals surface area contributed by atoms with Gasteiger partial charge in [-0.05, 0) is 26.7 Å². The third-order valence-corrected chi connectivity index (χ3v) is 4.25. The summed E-state index contributed by atoms with van der Waals surface area (Å²) in [5, 5.41) is 9.05. The number of aliphatic carboxylic acids is 1. The summed E-state index contributed by atoms with van der Waals surface area (Å²) in [7, 11) is 0. The molecule has 1 N–H and O–H groups in total. The Kier molecular flexibility index (Phi) is 4.96. The van der Waals surface area contributed by atoms with Crippen LogP contribution in [0.4, 0.5) is 0 Å². The van der Waals surface area contributed by atoms with Crippen LogP contribution in [-0.4, -0.2) is 26.7 Å². The van der Waals surface area contributed by atoms with Crippen molar-refractivity contribution in [3.63, 3.8) is 0 Å². The maximum absolute atomic E-state index is 12.2. The van der Waals surface area contributed by atoms with Crippen LogP contribution in [0.2, 0.25) is 0 Å². The minimum Gasteiger partial charge on any atom is -0.481 e. The van der Waals surface area contributed by atoms with Crippen molar-refractivity contribution in [1.82, 2.24) is 0 Å². The zero-order valence-corrected chi connectivity index (χ0v) is 11.9. The Morgan fingerprint density at radius 1 is 1.22 bits per heavy atom. The predicted molar refractivity (Wildman–Crippen MR) is 70.4 cm³/mol. The lowest BCUT2D eigenvalue weighted by molar-refractivity contribution is -0.145. The first kappa shape index (κ1) is 15.2. The van der Waals surface area contributed by atoms with Crippen LogP contribution >= 0.6 is 11.8 Å². The number of hydrogen-bond acceptors (Lipinski definition) is 4. The zero-order valence-electron chi connectivity index (χ0n) is 11.1. The number of Topliss-reactive ketones (excluding diaryl/α,β-unsaturated/α-hetero) is 1. The van der Waals surface area contributed by atoms with Gasteiger partial charge in [0.05, 0.1) is 5.92 Å². The lowest BCUT2D eigenvalue weighted by Gasteiger charge is -2.24. The van der Waals surface area contributed by atoms with Gasteiger partial charge in [0.15, 0.2) is 5.12 Å². The molecule has 0 radical (unpaired) electrons. The molecule has 0 saturated heterocycles. The highest BCUT2D eigenvalue weighted by atomic mass is 32.2. The predicted octanol–water partition coefficient (Wildman–Crippen LogP) is 2.50. The van der Waals surface area contributed by atoms with E-state index in [0.717, 1.165) is 18.2 Å². The number of hydrogen-bond donors (Lipinski definition) is 1. The highest BCUT2D eigenvalue weighted by Crippen LogP contribution is 2.37. The van der Waals surface area contributed by atoms with Gasteiger partial charge in [0.25, 0.3) is 0 Å². The molecule has 0 aromatic rings. The van der Waals surface area contributed by atoms with Gasteiger partial charge in [-0.25, -0.2) is 0 Å².